The first kappa shape index (κ1) is 17.5. The molecule has 1 aromatic heterocycles. The highest BCUT2D eigenvalue weighted by Gasteiger charge is 2.13. The second kappa shape index (κ2) is 7.74. The van der Waals surface area contributed by atoms with E-state index in [-0.39, 0.29) is 4.91 Å². The highest BCUT2D eigenvalue weighted by atomic mass is 32.2. The number of anilines is 1. The number of thioether (sulfide) groups is 1. The Bertz CT molecular complexity index is 794. The van der Waals surface area contributed by atoms with Gasteiger partial charge in [-0.3, -0.25) is 5.10 Å². The lowest BCUT2D eigenvalue weighted by Crippen LogP contribution is -2.23. The van der Waals surface area contributed by atoms with Gasteiger partial charge in [-0.2, -0.15) is 0 Å². The Balaban J connectivity index is 1.83. The third-order valence-corrected chi connectivity index (χ3v) is 5.13. The number of carbonyl (C=O) groups is 1. The Hall–Kier alpha value is -2.28. The van der Waals surface area contributed by atoms with Crippen LogP contribution in [0.15, 0.2) is 28.3 Å². The zero-order chi connectivity index (χ0) is 17.8. The molecule has 7 heteroatoms. The molecule has 1 fully saturated rings. The standard InChI is InChI=1S/C18H22N4O2S/c1-3-16-19-18(21-20-16)25-15(17(23)24)11-13-6-7-14(10-12(13)2)22-8-4-5-9-22/h6-7,10-11H,3-5,8-9H2,1-2H3,(H,23,24)(H,19,20,21)/p-1/b15-11+. The number of aromatic amines is 1. The molecule has 1 aliphatic heterocycles. The molecular formula is C18H21N4O2S-. The fourth-order valence-corrected chi connectivity index (χ4v) is 3.56. The van der Waals surface area contributed by atoms with E-state index in [4.69, 9.17) is 0 Å². The van der Waals surface area contributed by atoms with E-state index >= 15 is 0 Å². The average molecular weight is 357 g/mol. The zero-order valence-electron chi connectivity index (χ0n) is 14.4. The summed E-state index contributed by atoms with van der Waals surface area (Å²) in [6.07, 6.45) is 4.80. The van der Waals surface area contributed by atoms with Gasteiger partial charge in [-0.25, -0.2) is 4.98 Å². The first-order valence-corrected chi connectivity index (χ1v) is 9.26. The van der Waals surface area contributed by atoms with Gasteiger partial charge in [0.15, 0.2) is 0 Å². The summed E-state index contributed by atoms with van der Waals surface area (Å²) >= 11 is 1.00. The Morgan fingerprint density at radius 2 is 2.16 bits per heavy atom. The van der Waals surface area contributed by atoms with Gasteiger partial charge in [-0.15, -0.1) is 5.10 Å². The van der Waals surface area contributed by atoms with Crippen molar-refractivity contribution in [2.75, 3.05) is 18.0 Å². The van der Waals surface area contributed by atoms with E-state index in [2.05, 4.69) is 26.1 Å². The lowest BCUT2D eigenvalue weighted by Gasteiger charge is -2.19. The average Bonchev–Trinajstić information content (AvgIpc) is 3.27. The van der Waals surface area contributed by atoms with Crippen molar-refractivity contribution >= 4 is 29.5 Å². The van der Waals surface area contributed by atoms with Gasteiger partial charge in [0.05, 0.1) is 5.97 Å². The normalized spacial score (nSPS) is 15.0. The Kier molecular flexibility index (Phi) is 5.43. The van der Waals surface area contributed by atoms with Crippen LogP contribution in [0, 0.1) is 6.92 Å². The molecule has 1 N–H and O–H groups in total. The first-order valence-electron chi connectivity index (χ1n) is 8.44. The lowest BCUT2D eigenvalue weighted by atomic mass is 10.1. The van der Waals surface area contributed by atoms with Gasteiger partial charge in [0.2, 0.25) is 5.16 Å². The topological polar surface area (TPSA) is 84.9 Å². The number of aliphatic carboxylic acids is 1. The van der Waals surface area contributed by atoms with E-state index in [1.54, 1.807) is 6.08 Å². The summed E-state index contributed by atoms with van der Waals surface area (Å²) in [5, 5.41) is 18.7. The smallest absolute Gasteiger partial charge is 0.213 e. The number of aryl methyl sites for hydroxylation is 2. The first-order chi connectivity index (χ1) is 12.1. The molecule has 0 saturated carbocycles. The molecule has 0 bridgehead atoms. The van der Waals surface area contributed by atoms with Gasteiger partial charge in [0.1, 0.15) is 5.82 Å². The van der Waals surface area contributed by atoms with E-state index in [0.29, 0.717) is 5.16 Å². The van der Waals surface area contributed by atoms with E-state index < -0.39 is 5.97 Å². The molecule has 1 aromatic carbocycles. The van der Waals surface area contributed by atoms with Crippen LogP contribution in [0.5, 0.6) is 0 Å². The molecule has 3 rings (SSSR count). The van der Waals surface area contributed by atoms with Crippen LogP contribution in [0.2, 0.25) is 0 Å². The van der Waals surface area contributed by atoms with Crippen LogP contribution >= 0.6 is 11.8 Å². The number of hydrogen-bond acceptors (Lipinski definition) is 6. The van der Waals surface area contributed by atoms with Crippen molar-refractivity contribution in [3.8, 4) is 0 Å². The quantitative estimate of drug-likeness (QED) is 0.630. The molecule has 6 nitrogen and oxygen atoms in total. The predicted octanol–water partition coefficient (Wildman–Crippen LogP) is 2.16. The molecule has 0 unspecified atom stereocenters. The summed E-state index contributed by atoms with van der Waals surface area (Å²) in [6.45, 7) is 6.11. The van der Waals surface area contributed by atoms with Crippen molar-refractivity contribution < 1.29 is 9.90 Å². The number of carboxylic acids is 1. The number of H-pyrrole nitrogens is 1. The summed E-state index contributed by atoms with van der Waals surface area (Å²) in [5.74, 6) is -0.498. The number of nitrogens with one attached hydrogen (secondary N) is 1. The minimum absolute atomic E-state index is 0.0960. The lowest BCUT2D eigenvalue weighted by molar-refractivity contribution is -0.297. The summed E-state index contributed by atoms with van der Waals surface area (Å²) < 4.78 is 0. The predicted molar refractivity (Wildman–Crippen MR) is 97.2 cm³/mol. The van der Waals surface area contributed by atoms with E-state index in [1.807, 2.05) is 26.0 Å². The maximum absolute atomic E-state index is 11.5. The SMILES string of the molecule is CCc1nc(S/C(=C/c2ccc(N3CCCC3)cc2C)C(=O)[O-])n[nH]1. The van der Waals surface area contributed by atoms with Crippen LogP contribution in [0.25, 0.3) is 6.08 Å². The monoisotopic (exact) mass is 357 g/mol. The van der Waals surface area contributed by atoms with Crippen molar-refractivity contribution in [2.45, 2.75) is 38.3 Å². The molecule has 2 aromatic rings. The number of carbonyl (C=O) groups excluding carboxylic acids is 1. The van der Waals surface area contributed by atoms with Crippen LogP contribution in [0.4, 0.5) is 5.69 Å². The fourth-order valence-electron chi connectivity index (χ4n) is 2.85. The molecule has 1 saturated heterocycles. The van der Waals surface area contributed by atoms with Gasteiger partial charge in [-0.05, 0) is 60.9 Å². The minimum atomic E-state index is -1.23. The van der Waals surface area contributed by atoms with Gasteiger partial charge >= 0.3 is 0 Å². The van der Waals surface area contributed by atoms with Crippen LogP contribution in [-0.4, -0.2) is 34.2 Å². The maximum Gasteiger partial charge on any atom is 0.213 e. The summed E-state index contributed by atoms with van der Waals surface area (Å²) in [5.41, 5.74) is 3.09. The van der Waals surface area contributed by atoms with Gasteiger partial charge < -0.3 is 14.8 Å². The second-order valence-electron chi connectivity index (χ2n) is 6.05. The van der Waals surface area contributed by atoms with E-state index in [1.165, 1.54) is 18.5 Å². The third kappa shape index (κ3) is 4.22. The number of aromatic nitrogens is 3. The molecule has 132 valence electrons. The van der Waals surface area contributed by atoms with Crippen LogP contribution in [-0.2, 0) is 11.2 Å². The number of rotatable bonds is 6. The van der Waals surface area contributed by atoms with E-state index in [9.17, 15) is 9.90 Å². The summed E-state index contributed by atoms with van der Waals surface area (Å²) in [7, 11) is 0. The van der Waals surface area contributed by atoms with Crippen molar-refractivity contribution in [1.82, 2.24) is 15.2 Å². The van der Waals surface area contributed by atoms with Crippen LogP contribution < -0.4 is 10.0 Å². The third-order valence-electron chi connectivity index (χ3n) is 4.26. The van der Waals surface area contributed by atoms with Gasteiger partial charge in [-0.1, -0.05) is 13.0 Å². The molecule has 0 radical (unpaired) electrons. The Morgan fingerprint density at radius 1 is 1.40 bits per heavy atom. The molecule has 0 spiro atoms. The maximum atomic E-state index is 11.5. The molecule has 0 atom stereocenters. The van der Waals surface area contributed by atoms with E-state index in [0.717, 1.165) is 48.2 Å². The largest absolute Gasteiger partial charge is 0.544 e. The molecule has 0 aliphatic carbocycles. The van der Waals surface area contributed by atoms with Crippen molar-refractivity contribution in [3.63, 3.8) is 0 Å². The minimum Gasteiger partial charge on any atom is -0.544 e. The van der Waals surface area contributed by atoms with Crippen LogP contribution in [0.3, 0.4) is 0 Å². The zero-order valence-corrected chi connectivity index (χ0v) is 15.2. The highest BCUT2D eigenvalue weighted by Crippen LogP contribution is 2.28. The van der Waals surface area contributed by atoms with Crippen molar-refractivity contribution in [2.24, 2.45) is 0 Å². The molecule has 2 heterocycles. The van der Waals surface area contributed by atoms with Gasteiger partial charge in [0, 0.05) is 30.1 Å². The van der Waals surface area contributed by atoms with Crippen LogP contribution in [0.1, 0.15) is 36.7 Å². The van der Waals surface area contributed by atoms with Crippen molar-refractivity contribution in [1.29, 1.82) is 0 Å². The molecule has 1 aliphatic rings. The number of nitrogens with zero attached hydrogens (tertiary/aromatic N) is 3. The van der Waals surface area contributed by atoms with Crippen molar-refractivity contribution in [3.05, 3.63) is 40.1 Å². The number of benzene rings is 1. The Labute approximate surface area is 151 Å². The molecule has 25 heavy (non-hydrogen) atoms. The summed E-state index contributed by atoms with van der Waals surface area (Å²) in [6, 6.07) is 6.11. The molecule has 0 amide bonds. The number of hydrogen-bond donors (Lipinski definition) is 1. The molecular weight excluding hydrogens is 336 g/mol. The Morgan fingerprint density at radius 3 is 2.76 bits per heavy atom. The van der Waals surface area contributed by atoms with Gasteiger partial charge in [0.25, 0.3) is 0 Å². The second-order valence-corrected chi connectivity index (χ2v) is 7.06. The highest BCUT2D eigenvalue weighted by molar-refractivity contribution is 8.04. The fraction of sp³-hybridized carbons (Fsp3) is 0.389. The summed E-state index contributed by atoms with van der Waals surface area (Å²) in [4.78, 5) is 18.2. The number of carboxylic acid groups (broad SMARTS) is 1.